The van der Waals surface area contributed by atoms with Crippen LogP contribution in [-0.2, 0) is 27.7 Å². The van der Waals surface area contributed by atoms with Gasteiger partial charge >= 0.3 is 0 Å². The number of hydrogen-bond acceptors (Lipinski definition) is 4. The Balaban J connectivity index is 1.21. The third-order valence-electron chi connectivity index (χ3n) is 6.37. The molecule has 2 aromatic carbocycles. The summed E-state index contributed by atoms with van der Waals surface area (Å²) in [6, 6.07) is 15.1. The van der Waals surface area contributed by atoms with Gasteiger partial charge < -0.3 is 4.90 Å². The second-order valence-corrected chi connectivity index (χ2v) is 10.9. The number of H-pyrrole nitrogens is 1. The molecule has 0 radical (unpaired) electrons. The molecule has 4 rings (SSSR count). The number of nitrogens with zero attached hydrogens (tertiary/aromatic N) is 3. The average molecular weight is 499 g/mol. The molecule has 186 valence electrons. The van der Waals surface area contributed by atoms with E-state index in [1.54, 1.807) is 42.3 Å². The van der Waals surface area contributed by atoms with E-state index in [9.17, 15) is 17.6 Å². The van der Waals surface area contributed by atoms with Crippen molar-refractivity contribution < 1.29 is 17.6 Å². The summed E-state index contributed by atoms with van der Waals surface area (Å²) in [4.78, 5) is 14.6. The van der Waals surface area contributed by atoms with Gasteiger partial charge in [-0.05, 0) is 68.0 Å². The summed E-state index contributed by atoms with van der Waals surface area (Å²) < 4.78 is 40.2. The number of aryl methyl sites for hydroxylation is 2. The minimum atomic E-state index is -3.42. The van der Waals surface area contributed by atoms with Gasteiger partial charge in [-0.2, -0.15) is 9.40 Å². The SMILES string of the molecule is CN(CCCc1cc(-c2cccc(F)c2)n[nH]1)C(=O)CCc1ccc(S(=O)(=O)N2CCCC2)cc1. The van der Waals surface area contributed by atoms with Crippen molar-refractivity contribution in [2.45, 2.75) is 43.4 Å². The highest BCUT2D eigenvalue weighted by Gasteiger charge is 2.26. The molecule has 0 bridgehead atoms. The Hall–Kier alpha value is -3.04. The van der Waals surface area contributed by atoms with Crippen LogP contribution in [0.2, 0.25) is 0 Å². The van der Waals surface area contributed by atoms with Crippen LogP contribution in [0.1, 0.15) is 36.9 Å². The third kappa shape index (κ3) is 6.35. The lowest BCUT2D eigenvalue weighted by molar-refractivity contribution is -0.129. The quantitative estimate of drug-likeness (QED) is 0.457. The van der Waals surface area contributed by atoms with Crippen LogP contribution < -0.4 is 0 Å². The number of hydrogen-bond donors (Lipinski definition) is 1. The van der Waals surface area contributed by atoms with Gasteiger partial charge in [-0.1, -0.05) is 24.3 Å². The van der Waals surface area contributed by atoms with E-state index in [0.29, 0.717) is 43.1 Å². The molecule has 1 aromatic heterocycles. The van der Waals surface area contributed by atoms with Crippen molar-refractivity contribution in [3.05, 3.63) is 71.7 Å². The third-order valence-corrected chi connectivity index (χ3v) is 8.28. The van der Waals surface area contributed by atoms with Crippen LogP contribution in [0.25, 0.3) is 11.3 Å². The molecule has 9 heteroatoms. The molecule has 0 aliphatic carbocycles. The molecule has 1 amide bonds. The number of halogens is 1. The van der Waals surface area contributed by atoms with E-state index in [1.165, 1.54) is 16.4 Å². The molecule has 1 aliphatic heterocycles. The molecule has 1 N–H and O–H groups in total. The van der Waals surface area contributed by atoms with Crippen molar-refractivity contribution in [2.75, 3.05) is 26.7 Å². The lowest BCUT2D eigenvalue weighted by atomic mass is 10.1. The molecule has 1 saturated heterocycles. The largest absolute Gasteiger partial charge is 0.346 e. The van der Waals surface area contributed by atoms with E-state index >= 15 is 0 Å². The molecule has 1 fully saturated rings. The first-order valence-electron chi connectivity index (χ1n) is 12.0. The van der Waals surface area contributed by atoms with E-state index in [-0.39, 0.29) is 11.7 Å². The van der Waals surface area contributed by atoms with Crippen molar-refractivity contribution >= 4 is 15.9 Å². The molecular formula is C26H31FN4O3S. The van der Waals surface area contributed by atoms with Gasteiger partial charge in [0.1, 0.15) is 5.82 Å². The standard InChI is InChI=1S/C26H31FN4O3S/c1-30(15-5-8-23-19-25(29-28-23)21-6-4-7-22(27)18-21)26(32)14-11-20-9-12-24(13-10-20)35(33,34)31-16-2-3-17-31/h4,6-7,9-10,12-13,18-19H,2-3,5,8,11,14-17H2,1H3,(H,28,29). The highest BCUT2D eigenvalue weighted by atomic mass is 32.2. The summed E-state index contributed by atoms with van der Waals surface area (Å²) in [6.07, 6.45) is 4.24. The van der Waals surface area contributed by atoms with Crippen LogP contribution in [0.4, 0.5) is 4.39 Å². The molecule has 0 atom stereocenters. The summed E-state index contributed by atoms with van der Waals surface area (Å²) in [7, 11) is -1.62. The van der Waals surface area contributed by atoms with Crippen LogP contribution in [0.3, 0.4) is 0 Å². The van der Waals surface area contributed by atoms with Gasteiger partial charge in [0.2, 0.25) is 15.9 Å². The summed E-state index contributed by atoms with van der Waals surface area (Å²) >= 11 is 0. The summed E-state index contributed by atoms with van der Waals surface area (Å²) in [6.45, 7) is 1.78. The summed E-state index contributed by atoms with van der Waals surface area (Å²) in [5.74, 6) is -0.251. The first-order valence-corrected chi connectivity index (χ1v) is 13.4. The average Bonchev–Trinajstić information content (AvgIpc) is 3.56. The van der Waals surface area contributed by atoms with Gasteiger partial charge in [0.25, 0.3) is 0 Å². The number of aromatic amines is 1. The number of aromatic nitrogens is 2. The number of carbonyl (C=O) groups is 1. The van der Waals surface area contributed by atoms with E-state index < -0.39 is 10.0 Å². The van der Waals surface area contributed by atoms with Gasteiger partial charge in [-0.3, -0.25) is 9.89 Å². The molecule has 35 heavy (non-hydrogen) atoms. The minimum Gasteiger partial charge on any atom is -0.346 e. The number of benzene rings is 2. The minimum absolute atomic E-state index is 0.0452. The Morgan fingerprint density at radius 3 is 2.54 bits per heavy atom. The zero-order chi connectivity index (χ0) is 24.8. The van der Waals surface area contributed by atoms with Crippen LogP contribution in [0.5, 0.6) is 0 Å². The van der Waals surface area contributed by atoms with Crippen molar-refractivity contribution in [1.82, 2.24) is 19.4 Å². The van der Waals surface area contributed by atoms with Crippen LogP contribution in [0, 0.1) is 5.82 Å². The van der Waals surface area contributed by atoms with Crippen molar-refractivity contribution in [2.24, 2.45) is 0 Å². The number of sulfonamides is 1. The summed E-state index contributed by atoms with van der Waals surface area (Å²) in [5.41, 5.74) is 3.30. The normalized spacial score (nSPS) is 14.3. The molecule has 0 saturated carbocycles. The maximum absolute atomic E-state index is 13.4. The zero-order valence-electron chi connectivity index (χ0n) is 19.9. The van der Waals surface area contributed by atoms with Crippen molar-refractivity contribution in [3.8, 4) is 11.3 Å². The van der Waals surface area contributed by atoms with Crippen LogP contribution in [0.15, 0.2) is 59.5 Å². The lowest BCUT2D eigenvalue weighted by Crippen LogP contribution is -2.28. The Kier molecular flexibility index (Phi) is 7.97. The molecule has 0 spiro atoms. The number of nitrogens with one attached hydrogen (secondary N) is 1. The van der Waals surface area contributed by atoms with E-state index in [2.05, 4.69) is 10.2 Å². The topological polar surface area (TPSA) is 86.4 Å². The van der Waals surface area contributed by atoms with E-state index in [0.717, 1.165) is 42.5 Å². The maximum atomic E-state index is 13.4. The maximum Gasteiger partial charge on any atom is 0.243 e. The van der Waals surface area contributed by atoms with Crippen LogP contribution >= 0.6 is 0 Å². The first kappa shape index (κ1) is 25.1. The number of rotatable bonds is 10. The Labute approximate surface area is 206 Å². The second-order valence-electron chi connectivity index (χ2n) is 8.96. The Morgan fingerprint density at radius 2 is 1.83 bits per heavy atom. The molecule has 1 aliphatic rings. The first-order chi connectivity index (χ1) is 16.8. The predicted molar refractivity (Wildman–Crippen MR) is 133 cm³/mol. The predicted octanol–water partition coefficient (Wildman–Crippen LogP) is 4.02. The zero-order valence-corrected chi connectivity index (χ0v) is 20.7. The van der Waals surface area contributed by atoms with Crippen LogP contribution in [-0.4, -0.2) is 60.4 Å². The van der Waals surface area contributed by atoms with Gasteiger partial charge in [-0.25, -0.2) is 12.8 Å². The molecule has 0 unspecified atom stereocenters. The van der Waals surface area contributed by atoms with Gasteiger partial charge in [0.05, 0.1) is 10.6 Å². The van der Waals surface area contributed by atoms with E-state index in [4.69, 9.17) is 0 Å². The van der Waals surface area contributed by atoms with Gasteiger partial charge in [0.15, 0.2) is 0 Å². The lowest BCUT2D eigenvalue weighted by Gasteiger charge is -2.17. The van der Waals surface area contributed by atoms with Gasteiger partial charge in [-0.15, -0.1) is 0 Å². The number of carbonyl (C=O) groups excluding carboxylic acids is 1. The molecular weight excluding hydrogens is 467 g/mol. The Morgan fingerprint density at radius 1 is 1.09 bits per heavy atom. The molecule has 7 nitrogen and oxygen atoms in total. The van der Waals surface area contributed by atoms with Gasteiger partial charge in [0, 0.05) is 44.4 Å². The van der Waals surface area contributed by atoms with E-state index in [1.807, 2.05) is 12.1 Å². The number of amides is 1. The Bertz CT molecular complexity index is 1250. The fourth-order valence-corrected chi connectivity index (χ4v) is 5.78. The second kappa shape index (κ2) is 11.1. The molecule has 3 aromatic rings. The smallest absolute Gasteiger partial charge is 0.243 e. The summed E-state index contributed by atoms with van der Waals surface area (Å²) in [5, 5.41) is 7.24. The monoisotopic (exact) mass is 498 g/mol. The fraction of sp³-hybridized carbons (Fsp3) is 0.385. The molecule has 2 heterocycles. The van der Waals surface area contributed by atoms with Crippen molar-refractivity contribution in [1.29, 1.82) is 0 Å². The fourth-order valence-electron chi connectivity index (χ4n) is 4.26. The highest BCUT2D eigenvalue weighted by molar-refractivity contribution is 7.89. The van der Waals surface area contributed by atoms with Crippen molar-refractivity contribution in [3.63, 3.8) is 0 Å². The highest BCUT2D eigenvalue weighted by Crippen LogP contribution is 2.22.